The summed E-state index contributed by atoms with van der Waals surface area (Å²) >= 11 is 0. The van der Waals surface area contributed by atoms with E-state index in [2.05, 4.69) is 25.2 Å². The second-order valence-corrected chi connectivity index (χ2v) is 3.80. The third-order valence-electron chi connectivity index (χ3n) is 2.48. The molecule has 1 unspecified atom stereocenters. The Kier molecular flexibility index (Phi) is 4.59. The third kappa shape index (κ3) is 3.53. The molecule has 0 saturated heterocycles. The molecule has 0 bridgehead atoms. The van der Waals surface area contributed by atoms with Crippen molar-refractivity contribution in [3.05, 3.63) is 29.8 Å². The molecule has 0 aromatic heterocycles. The van der Waals surface area contributed by atoms with Gasteiger partial charge in [0, 0.05) is 18.6 Å². The maximum atomic E-state index is 5.57. The van der Waals surface area contributed by atoms with E-state index in [1.165, 1.54) is 5.56 Å². The first-order valence-electron chi connectivity index (χ1n) is 5.27. The zero-order valence-electron chi connectivity index (χ0n) is 9.66. The van der Waals surface area contributed by atoms with Gasteiger partial charge in [-0.1, -0.05) is 12.1 Å². The minimum atomic E-state index is 0.290. The fourth-order valence-electron chi connectivity index (χ4n) is 1.50. The summed E-state index contributed by atoms with van der Waals surface area (Å²) in [5.41, 5.74) is 6.78. The van der Waals surface area contributed by atoms with Crippen molar-refractivity contribution >= 4 is 0 Å². The molecule has 1 aromatic carbocycles. The zero-order valence-corrected chi connectivity index (χ0v) is 9.66. The van der Waals surface area contributed by atoms with Gasteiger partial charge < -0.3 is 15.8 Å². The van der Waals surface area contributed by atoms with Crippen molar-refractivity contribution in [1.29, 1.82) is 0 Å². The summed E-state index contributed by atoms with van der Waals surface area (Å²) in [6, 6.07) is 8.69. The number of hydrogen-bond acceptors (Lipinski definition) is 3. The summed E-state index contributed by atoms with van der Waals surface area (Å²) < 4.78 is 5.18. The second kappa shape index (κ2) is 5.73. The van der Waals surface area contributed by atoms with Crippen LogP contribution >= 0.6 is 0 Å². The molecule has 3 nitrogen and oxygen atoms in total. The van der Waals surface area contributed by atoms with Gasteiger partial charge in [0.25, 0.3) is 0 Å². The van der Waals surface area contributed by atoms with Crippen LogP contribution in [0, 0.1) is 0 Å². The van der Waals surface area contributed by atoms with Crippen molar-refractivity contribution in [3.8, 4) is 5.75 Å². The Balaban J connectivity index is 2.68. The normalized spacial score (nSPS) is 14.7. The molecule has 0 spiro atoms. The van der Waals surface area contributed by atoms with Crippen LogP contribution in [0.1, 0.15) is 25.5 Å². The smallest absolute Gasteiger partial charge is 0.119 e. The predicted octanol–water partition coefficient (Wildman–Crippen LogP) is 1.69. The molecule has 0 amide bonds. The van der Waals surface area contributed by atoms with E-state index in [-0.39, 0.29) is 0 Å². The number of hydrogen-bond donors (Lipinski definition) is 2. The molecule has 0 radical (unpaired) electrons. The van der Waals surface area contributed by atoms with Crippen molar-refractivity contribution in [3.63, 3.8) is 0 Å². The highest BCUT2D eigenvalue weighted by atomic mass is 16.5. The van der Waals surface area contributed by atoms with Crippen LogP contribution in [-0.4, -0.2) is 19.7 Å². The largest absolute Gasteiger partial charge is 0.497 e. The number of rotatable bonds is 5. The topological polar surface area (TPSA) is 47.3 Å². The van der Waals surface area contributed by atoms with Gasteiger partial charge in [0.1, 0.15) is 5.75 Å². The SMILES string of the molecule is COc1cccc([C@H](C)NC(C)CN)c1. The molecule has 1 aromatic rings. The molecule has 84 valence electrons. The monoisotopic (exact) mass is 208 g/mol. The van der Waals surface area contributed by atoms with E-state index in [1.807, 2.05) is 18.2 Å². The molecule has 3 heteroatoms. The van der Waals surface area contributed by atoms with Gasteiger partial charge in [-0.3, -0.25) is 0 Å². The Morgan fingerprint density at radius 2 is 2.13 bits per heavy atom. The molecule has 0 aliphatic rings. The van der Waals surface area contributed by atoms with Crippen LogP contribution < -0.4 is 15.8 Å². The van der Waals surface area contributed by atoms with Crippen LogP contribution in [0.2, 0.25) is 0 Å². The Labute approximate surface area is 91.6 Å². The fourth-order valence-corrected chi connectivity index (χ4v) is 1.50. The highest BCUT2D eigenvalue weighted by Gasteiger charge is 2.08. The van der Waals surface area contributed by atoms with Gasteiger partial charge in [-0.25, -0.2) is 0 Å². The number of nitrogens with two attached hydrogens (primary N) is 1. The molecular weight excluding hydrogens is 188 g/mol. The molecule has 1 rings (SSSR count). The van der Waals surface area contributed by atoms with E-state index in [4.69, 9.17) is 10.5 Å². The molecule has 3 N–H and O–H groups in total. The average Bonchev–Trinajstić information content (AvgIpc) is 2.28. The van der Waals surface area contributed by atoms with E-state index >= 15 is 0 Å². The third-order valence-corrected chi connectivity index (χ3v) is 2.48. The number of ether oxygens (including phenoxy) is 1. The van der Waals surface area contributed by atoms with Crippen molar-refractivity contribution in [2.24, 2.45) is 5.73 Å². The first kappa shape index (κ1) is 12.0. The summed E-state index contributed by atoms with van der Waals surface area (Å²) in [7, 11) is 1.68. The van der Waals surface area contributed by atoms with Crippen molar-refractivity contribution in [1.82, 2.24) is 5.32 Å². The molecule has 0 aliphatic carbocycles. The van der Waals surface area contributed by atoms with Crippen LogP contribution in [0.4, 0.5) is 0 Å². The van der Waals surface area contributed by atoms with Gasteiger partial charge in [0.05, 0.1) is 7.11 Å². The molecule has 15 heavy (non-hydrogen) atoms. The maximum Gasteiger partial charge on any atom is 0.119 e. The molecule has 0 saturated carbocycles. The number of methoxy groups -OCH3 is 1. The maximum absolute atomic E-state index is 5.57. The lowest BCUT2D eigenvalue weighted by Gasteiger charge is -2.19. The number of benzene rings is 1. The molecule has 2 atom stereocenters. The van der Waals surface area contributed by atoms with Crippen molar-refractivity contribution in [2.45, 2.75) is 25.9 Å². The van der Waals surface area contributed by atoms with Crippen molar-refractivity contribution in [2.75, 3.05) is 13.7 Å². The summed E-state index contributed by atoms with van der Waals surface area (Å²) in [6.45, 7) is 4.85. The highest BCUT2D eigenvalue weighted by molar-refractivity contribution is 5.30. The lowest BCUT2D eigenvalue weighted by Crippen LogP contribution is -2.34. The second-order valence-electron chi connectivity index (χ2n) is 3.80. The Morgan fingerprint density at radius 3 is 2.73 bits per heavy atom. The van der Waals surface area contributed by atoms with Crippen LogP contribution in [0.15, 0.2) is 24.3 Å². The van der Waals surface area contributed by atoms with E-state index < -0.39 is 0 Å². The Bertz CT molecular complexity index is 301. The van der Waals surface area contributed by atoms with Gasteiger partial charge >= 0.3 is 0 Å². The minimum absolute atomic E-state index is 0.290. The van der Waals surface area contributed by atoms with Crippen LogP contribution in [0.25, 0.3) is 0 Å². The van der Waals surface area contributed by atoms with Crippen LogP contribution in [0.3, 0.4) is 0 Å². The van der Waals surface area contributed by atoms with Gasteiger partial charge in [0.15, 0.2) is 0 Å². The Hall–Kier alpha value is -1.06. The molecule has 0 fully saturated rings. The van der Waals surface area contributed by atoms with E-state index in [0.717, 1.165) is 5.75 Å². The first-order chi connectivity index (χ1) is 7.17. The van der Waals surface area contributed by atoms with Crippen molar-refractivity contribution < 1.29 is 4.74 Å². The highest BCUT2D eigenvalue weighted by Crippen LogP contribution is 2.18. The van der Waals surface area contributed by atoms with E-state index in [1.54, 1.807) is 7.11 Å². The van der Waals surface area contributed by atoms with E-state index in [0.29, 0.717) is 18.6 Å². The van der Waals surface area contributed by atoms with Gasteiger partial charge in [-0.05, 0) is 31.5 Å². The first-order valence-corrected chi connectivity index (χ1v) is 5.27. The summed E-state index contributed by atoms with van der Waals surface area (Å²) in [4.78, 5) is 0. The Morgan fingerprint density at radius 1 is 1.40 bits per heavy atom. The summed E-state index contributed by atoms with van der Waals surface area (Å²) in [6.07, 6.45) is 0. The van der Waals surface area contributed by atoms with Gasteiger partial charge in [0.2, 0.25) is 0 Å². The van der Waals surface area contributed by atoms with Gasteiger partial charge in [-0.2, -0.15) is 0 Å². The van der Waals surface area contributed by atoms with E-state index in [9.17, 15) is 0 Å². The lowest BCUT2D eigenvalue weighted by atomic mass is 10.1. The fraction of sp³-hybridized carbons (Fsp3) is 0.500. The van der Waals surface area contributed by atoms with Crippen LogP contribution in [0.5, 0.6) is 5.75 Å². The summed E-state index contributed by atoms with van der Waals surface area (Å²) in [5.74, 6) is 0.890. The zero-order chi connectivity index (χ0) is 11.3. The molecule has 0 heterocycles. The quantitative estimate of drug-likeness (QED) is 0.774. The predicted molar refractivity (Wildman–Crippen MR) is 63.1 cm³/mol. The average molecular weight is 208 g/mol. The minimum Gasteiger partial charge on any atom is -0.497 e. The lowest BCUT2D eigenvalue weighted by molar-refractivity contribution is 0.412. The standard InChI is InChI=1S/C12H20N2O/c1-9(8-13)14-10(2)11-5-4-6-12(7-11)15-3/h4-7,9-10,14H,8,13H2,1-3H3/t9?,10-/m0/s1. The van der Waals surface area contributed by atoms with Crippen LogP contribution in [-0.2, 0) is 0 Å². The molecular formula is C12H20N2O. The van der Waals surface area contributed by atoms with Gasteiger partial charge in [-0.15, -0.1) is 0 Å². The molecule has 0 aliphatic heterocycles. The summed E-state index contributed by atoms with van der Waals surface area (Å²) in [5, 5.41) is 3.42. The number of nitrogens with one attached hydrogen (secondary N) is 1.